The Morgan fingerprint density at radius 3 is 2.57 bits per heavy atom. The summed E-state index contributed by atoms with van der Waals surface area (Å²) < 4.78 is 4.90. The molecule has 2 heterocycles. The third-order valence-corrected chi connectivity index (χ3v) is 4.60. The first-order valence-electron chi connectivity index (χ1n) is 8.40. The largest absolute Gasteiger partial charge is 0.383 e. The Morgan fingerprint density at radius 1 is 1.18 bits per heavy atom. The van der Waals surface area contributed by atoms with Gasteiger partial charge in [-0.15, -0.1) is 23.7 Å². The Balaban J connectivity index is 0.00000280. The standard InChI is InChI=1S/C19H21N5O2S.ClH/c1-11-7-16(22-12(2)21-11)13-5-4-6-14(8-13)17-10-27-19(23-17)24-18(25)15(20)9-26-3;/h4-8,10,15H,9,20H2,1-3H3,(H,23,24,25);1H/t15-;/m0./s1. The average Bonchev–Trinajstić information content (AvgIpc) is 3.10. The lowest BCUT2D eigenvalue weighted by molar-refractivity contribution is -0.118. The van der Waals surface area contributed by atoms with Gasteiger partial charge < -0.3 is 15.8 Å². The van der Waals surface area contributed by atoms with E-state index in [1.54, 1.807) is 0 Å². The molecule has 0 radical (unpaired) electrons. The molecule has 3 N–H and O–H groups in total. The Labute approximate surface area is 173 Å². The number of anilines is 1. The number of aryl methyl sites for hydroxylation is 2. The van der Waals surface area contributed by atoms with Gasteiger partial charge in [-0.1, -0.05) is 18.2 Å². The minimum atomic E-state index is -0.727. The Bertz CT molecular complexity index is 943. The van der Waals surface area contributed by atoms with Crippen molar-refractivity contribution in [2.75, 3.05) is 19.0 Å². The molecule has 9 heteroatoms. The molecule has 0 bridgehead atoms. The molecule has 2 aromatic heterocycles. The smallest absolute Gasteiger partial charge is 0.245 e. The monoisotopic (exact) mass is 419 g/mol. The van der Waals surface area contributed by atoms with E-state index in [4.69, 9.17) is 10.5 Å². The van der Waals surface area contributed by atoms with Crippen molar-refractivity contribution in [2.45, 2.75) is 19.9 Å². The number of ether oxygens (including phenoxy) is 1. The summed E-state index contributed by atoms with van der Waals surface area (Å²) in [4.78, 5) is 25.3. The summed E-state index contributed by atoms with van der Waals surface area (Å²) >= 11 is 1.35. The number of nitrogens with two attached hydrogens (primary N) is 1. The van der Waals surface area contributed by atoms with Crippen LogP contribution in [0.1, 0.15) is 11.5 Å². The minimum absolute atomic E-state index is 0. The van der Waals surface area contributed by atoms with E-state index < -0.39 is 6.04 Å². The fraction of sp³-hybridized carbons (Fsp3) is 0.263. The van der Waals surface area contributed by atoms with Crippen LogP contribution >= 0.6 is 23.7 Å². The van der Waals surface area contributed by atoms with Gasteiger partial charge in [0, 0.05) is 29.3 Å². The van der Waals surface area contributed by atoms with Crippen molar-refractivity contribution in [3.8, 4) is 22.5 Å². The zero-order valence-corrected chi connectivity index (χ0v) is 17.4. The lowest BCUT2D eigenvalue weighted by Gasteiger charge is -2.08. The van der Waals surface area contributed by atoms with Crippen LogP contribution < -0.4 is 11.1 Å². The molecule has 28 heavy (non-hydrogen) atoms. The van der Waals surface area contributed by atoms with E-state index in [0.717, 1.165) is 34.0 Å². The third-order valence-electron chi connectivity index (χ3n) is 3.84. The quantitative estimate of drug-likeness (QED) is 0.635. The molecule has 148 valence electrons. The van der Waals surface area contributed by atoms with E-state index in [2.05, 4.69) is 20.3 Å². The molecule has 0 unspecified atom stereocenters. The highest BCUT2D eigenvalue weighted by Crippen LogP contribution is 2.28. The van der Waals surface area contributed by atoms with Crippen molar-refractivity contribution in [3.63, 3.8) is 0 Å². The second kappa shape index (κ2) is 9.70. The molecular formula is C19H22ClN5O2S. The summed E-state index contributed by atoms with van der Waals surface area (Å²) in [6.45, 7) is 3.99. The summed E-state index contributed by atoms with van der Waals surface area (Å²) in [7, 11) is 1.50. The van der Waals surface area contributed by atoms with Gasteiger partial charge in [-0.2, -0.15) is 0 Å². The van der Waals surface area contributed by atoms with Gasteiger partial charge in [0.05, 0.1) is 18.0 Å². The summed E-state index contributed by atoms with van der Waals surface area (Å²) in [5.41, 5.74) is 10.2. The zero-order valence-electron chi connectivity index (χ0n) is 15.8. The Morgan fingerprint density at radius 2 is 1.89 bits per heavy atom. The van der Waals surface area contributed by atoms with Crippen LogP contribution in [-0.4, -0.2) is 40.6 Å². The maximum atomic E-state index is 12.0. The molecule has 1 amide bonds. The number of thiazole rings is 1. The number of methoxy groups -OCH3 is 1. The highest BCUT2D eigenvalue weighted by Gasteiger charge is 2.15. The van der Waals surface area contributed by atoms with Crippen molar-refractivity contribution in [1.82, 2.24) is 15.0 Å². The number of benzene rings is 1. The van der Waals surface area contributed by atoms with Crippen molar-refractivity contribution in [1.29, 1.82) is 0 Å². The second-order valence-corrected chi connectivity index (χ2v) is 6.97. The number of nitrogens with one attached hydrogen (secondary N) is 1. The summed E-state index contributed by atoms with van der Waals surface area (Å²) in [6, 6.07) is 9.19. The van der Waals surface area contributed by atoms with Gasteiger partial charge in [-0.05, 0) is 26.0 Å². The van der Waals surface area contributed by atoms with Gasteiger partial charge in [0.2, 0.25) is 5.91 Å². The molecule has 0 saturated carbocycles. The van der Waals surface area contributed by atoms with Crippen LogP contribution in [0, 0.1) is 13.8 Å². The van der Waals surface area contributed by atoms with Gasteiger partial charge in [0.15, 0.2) is 5.13 Å². The summed E-state index contributed by atoms with van der Waals surface area (Å²) in [5, 5.41) is 5.12. The van der Waals surface area contributed by atoms with Gasteiger partial charge in [-0.25, -0.2) is 15.0 Å². The van der Waals surface area contributed by atoms with Crippen LogP contribution in [0.15, 0.2) is 35.7 Å². The molecule has 0 aliphatic carbocycles. The molecule has 0 spiro atoms. The molecule has 1 atom stereocenters. The number of carbonyl (C=O) groups excluding carboxylic acids is 1. The maximum absolute atomic E-state index is 12.0. The topological polar surface area (TPSA) is 103 Å². The SMILES string of the molecule is COC[C@H](N)C(=O)Nc1nc(-c2cccc(-c3cc(C)nc(C)n3)c2)cs1.Cl. The first-order chi connectivity index (χ1) is 13.0. The second-order valence-electron chi connectivity index (χ2n) is 6.11. The number of hydrogen-bond donors (Lipinski definition) is 2. The van der Waals surface area contributed by atoms with E-state index in [0.29, 0.717) is 5.13 Å². The van der Waals surface area contributed by atoms with Crippen molar-refractivity contribution >= 4 is 34.8 Å². The minimum Gasteiger partial charge on any atom is -0.383 e. The van der Waals surface area contributed by atoms with Crippen LogP contribution in [0.5, 0.6) is 0 Å². The number of rotatable bonds is 6. The van der Waals surface area contributed by atoms with Crippen LogP contribution in [0.25, 0.3) is 22.5 Å². The molecule has 3 aromatic rings. The summed E-state index contributed by atoms with van der Waals surface area (Å²) in [6.07, 6.45) is 0. The highest BCUT2D eigenvalue weighted by atomic mass is 35.5. The predicted molar refractivity (Wildman–Crippen MR) is 114 cm³/mol. The Kier molecular flexibility index (Phi) is 7.59. The third kappa shape index (κ3) is 5.32. The lowest BCUT2D eigenvalue weighted by Crippen LogP contribution is -2.39. The molecule has 7 nitrogen and oxygen atoms in total. The molecule has 3 rings (SSSR count). The molecule has 0 fully saturated rings. The van der Waals surface area contributed by atoms with Gasteiger partial charge in [0.1, 0.15) is 11.9 Å². The number of hydrogen-bond acceptors (Lipinski definition) is 7. The molecule has 1 aromatic carbocycles. The molecule has 0 aliphatic heterocycles. The predicted octanol–water partition coefficient (Wildman–Crippen LogP) is 3.22. The van der Waals surface area contributed by atoms with Crippen molar-refractivity contribution < 1.29 is 9.53 Å². The van der Waals surface area contributed by atoms with Gasteiger partial charge in [-0.3, -0.25) is 4.79 Å². The first kappa shape index (κ1) is 21.9. The van der Waals surface area contributed by atoms with Crippen LogP contribution in [0.3, 0.4) is 0 Å². The van der Waals surface area contributed by atoms with Crippen LogP contribution in [-0.2, 0) is 9.53 Å². The fourth-order valence-corrected chi connectivity index (χ4v) is 3.34. The molecular weight excluding hydrogens is 398 g/mol. The van der Waals surface area contributed by atoms with Gasteiger partial charge >= 0.3 is 0 Å². The van der Waals surface area contributed by atoms with E-state index in [1.165, 1.54) is 18.4 Å². The lowest BCUT2D eigenvalue weighted by atomic mass is 10.1. The maximum Gasteiger partial charge on any atom is 0.245 e. The fourth-order valence-electron chi connectivity index (χ4n) is 2.62. The van der Waals surface area contributed by atoms with E-state index >= 15 is 0 Å². The average molecular weight is 420 g/mol. The number of carbonyl (C=O) groups is 1. The highest BCUT2D eigenvalue weighted by molar-refractivity contribution is 7.14. The van der Waals surface area contributed by atoms with Crippen LogP contribution in [0.2, 0.25) is 0 Å². The number of aromatic nitrogens is 3. The first-order valence-corrected chi connectivity index (χ1v) is 9.28. The van der Waals surface area contributed by atoms with Gasteiger partial charge in [0.25, 0.3) is 0 Å². The van der Waals surface area contributed by atoms with Crippen molar-refractivity contribution in [2.24, 2.45) is 5.73 Å². The van der Waals surface area contributed by atoms with E-state index in [-0.39, 0.29) is 24.9 Å². The number of nitrogens with zero attached hydrogens (tertiary/aromatic N) is 3. The number of halogens is 1. The molecule has 0 saturated heterocycles. The van der Waals surface area contributed by atoms with E-state index in [9.17, 15) is 4.79 Å². The zero-order chi connectivity index (χ0) is 19.4. The summed E-state index contributed by atoms with van der Waals surface area (Å²) in [5.74, 6) is 0.417. The Hall–Kier alpha value is -2.39. The van der Waals surface area contributed by atoms with Crippen molar-refractivity contribution in [3.05, 3.63) is 47.2 Å². The van der Waals surface area contributed by atoms with Crippen LogP contribution in [0.4, 0.5) is 5.13 Å². The number of amides is 1. The normalized spacial score (nSPS) is 11.6. The molecule has 0 aliphatic rings. The van der Waals surface area contributed by atoms with E-state index in [1.807, 2.05) is 49.6 Å².